The van der Waals surface area contributed by atoms with Crippen molar-refractivity contribution >= 4 is 0 Å². The van der Waals surface area contributed by atoms with Gasteiger partial charge in [0.2, 0.25) is 0 Å². The van der Waals surface area contributed by atoms with Crippen LogP contribution in [0.2, 0.25) is 0 Å². The van der Waals surface area contributed by atoms with E-state index in [1.165, 1.54) is 6.07 Å². The summed E-state index contributed by atoms with van der Waals surface area (Å²) in [5.41, 5.74) is -1.16. The van der Waals surface area contributed by atoms with Crippen molar-refractivity contribution < 1.29 is 17.6 Å². The minimum absolute atomic E-state index is 0.175. The molecular formula is C15H21F4N. The first-order valence-electron chi connectivity index (χ1n) is 6.68. The van der Waals surface area contributed by atoms with Crippen LogP contribution in [0, 0.1) is 5.82 Å². The molecule has 0 aliphatic carbocycles. The molecule has 0 fully saturated rings. The monoisotopic (exact) mass is 291 g/mol. The molecule has 0 heterocycles. The van der Waals surface area contributed by atoms with E-state index in [9.17, 15) is 17.6 Å². The molecule has 20 heavy (non-hydrogen) atoms. The summed E-state index contributed by atoms with van der Waals surface area (Å²) in [5, 5.41) is 3.23. The van der Waals surface area contributed by atoms with Crippen molar-refractivity contribution in [2.24, 2.45) is 0 Å². The Morgan fingerprint density at radius 3 is 2.30 bits per heavy atom. The fourth-order valence-corrected chi connectivity index (χ4v) is 2.47. The van der Waals surface area contributed by atoms with Gasteiger partial charge in [-0.25, -0.2) is 4.39 Å². The van der Waals surface area contributed by atoms with E-state index in [1.807, 2.05) is 27.7 Å². The highest BCUT2D eigenvalue weighted by molar-refractivity contribution is 5.32. The maximum absolute atomic E-state index is 13.3. The molecule has 0 spiro atoms. The van der Waals surface area contributed by atoms with E-state index in [0.29, 0.717) is 12.0 Å². The second-order valence-corrected chi connectivity index (χ2v) is 5.74. The molecule has 0 bridgehead atoms. The lowest BCUT2D eigenvalue weighted by molar-refractivity contribution is -0.140. The van der Waals surface area contributed by atoms with Gasteiger partial charge in [-0.2, -0.15) is 13.2 Å². The first kappa shape index (κ1) is 17.0. The minimum atomic E-state index is -4.66. The van der Waals surface area contributed by atoms with Crippen molar-refractivity contribution in [1.29, 1.82) is 0 Å². The van der Waals surface area contributed by atoms with E-state index in [4.69, 9.17) is 0 Å². The SMILES string of the molecule is CCNC(C)CC(C)(C)c1ccc(F)c(C(F)(F)F)c1. The standard InChI is InChI=1S/C15H21F4N/c1-5-20-10(2)9-14(3,4)11-6-7-13(16)12(8-11)15(17,18)19/h6-8,10,20H,5,9H2,1-4H3. The zero-order chi connectivity index (χ0) is 15.6. The molecule has 5 heteroatoms. The molecule has 1 nitrogen and oxygen atoms in total. The van der Waals surface area contributed by atoms with Crippen LogP contribution in [0.1, 0.15) is 45.2 Å². The van der Waals surface area contributed by atoms with E-state index < -0.39 is 23.0 Å². The van der Waals surface area contributed by atoms with Crippen molar-refractivity contribution in [1.82, 2.24) is 5.32 Å². The van der Waals surface area contributed by atoms with Crippen LogP contribution in [0.3, 0.4) is 0 Å². The quantitative estimate of drug-likeness (QED) is 0.787. The Morgan fingerprint density at radius 1 is 1.20 bits per heavy atom. The number of halogens is 4. The van der Waals surface area contributed by atoms with Crippen LogP contribution in [0.15, 0.2) is 18.2 Å². The molecule has 0 aromatic heterocycles. The Bertz CT molecular complexity index is 452. The van der Waals surface area contributed by atoms with Gasteiger partial charge in [0.15, 0.2) is 0 Å². The fraction of sp³-hybridized carbons (Fsp3) is 0.600. The zero-order valence-corrected chi connectivity index (χ0v) is 12.2. The maximum atomic E-state index is 13.3. The van der Waals surface area contributed by atoms with Crippen LogP contribution < -0.4 is 5.32 Å². The van der Waals surface area contributed by atoms with Crippen LogP contribution >= 0.6 is 0 Å². The highest BCUT2D eigenvalue weighted by Gasteiger charge is 2.35. The molecule has 1 aromatic carbocycles. The summed E-state index contributed by atoms with van der Waals surface area (Å²) in [7, 11) is 0. The molecule has 0 aliphatic rings. The number of hydrogen-bond donors (Lipinski definition) is 1. The Kier molecular flexibility index (Phi) is 5.19. The summed E-state index contributed by atoms with van der Waals surface area (Å²) >= 11 is 0. The fourth-order valence-electron chi connectivity index (χ4n) is 2.47. The summed E-state index contributed by atoms with van der Waals surface area (Å²) in [5.74, 6) is -1.23. The third-order valence-corrected chi connectivity index (χ3v) is 3.42. The molecule has 0 saturated heterocycles. The molecule has 1 atom stereocenters. The van der Waals surface area contributed by atoms with Crippen LogP contribution in [0.5, 0.6) is 0 Å². The van der Waals surface area contributed by atoms with Gasteiger partial charge in [-0.1, -0.05) is 26.8 Å². The van der Waals surface area contributed by atoms with Gasteiger partial charge in [-0.05, 0) is 43.0 Å². The van der Waals surface area contributed by atoms with E-state index in [1.54, 1.807) is 0 Å². The lowest BCUT2D eigenvalue weighted by Crippen LogP contribution is -2.33. The van der Waals surface area contributed by atoms with Crippen LogP contribution in [-0.4, -0.2) is 12.6 Å². The molecular weight excluding hydrogens is 270 g/mol. The topological polar surface area (TPSA) is 12.0 Å². The lowest BCUT2D eigenvalue weighted by atomic mass is 9.78. The van der Waals surface area contributed by atoms with Crippen LogP contribution in [0.25, 0.3) is 0 Å². The highest BCUT2D eigenvalue weighted by atomic mass is 19.4. The normalized spacial score (nSPS) is 14.4. The smallest absolute Gasteiger partial charge is 0.315 e. The molecule has 0 radical (unpaired) electrons. The molecule has 0 saturated carbocycles. The first-order valence-corrected chi connectivity index (χ1v) is 6.68. The van der Waals surface area contributed by atoms with Gasteiger partial charge < -0.3 is 5.32 Å². The first-order chi connectivity index (χ1) is 9.08. The molecule has 0 amide bonds. The van der Waals surface area contributed by atoms with Crippen molar-refractivity contribution in [3.05, 3.63) is 35.1 Å². The van der Waals surface area contributed by atoms with E-state index in [2.05, 4.69) is 5.32 Å². The highest BCUT2D eigenvalue weighted by Crippen LogP contribution is 2.36. The van der Waals surface area contributed by atoms with Gasteiger partial charge in [0.1, 0.15) is 5.82 Å². The predicted octanol–water partition coefficient (Wildman–Crippen LogP) is 4.51. The van der Waals surface area contributed by atoms with Crippen molar-refractivity contribution in [2.75, 3.05) is 6.54 Å². The Labute approximate surface area is 117 Å². The molecule has 1 N–H and O–H groups in total. The Morgan fingerprint density at radius 2 is 1.80 bits per heavy atom. The Balaban J connectivity index is 3.07. The summed E-state index contributed by atoms with van der Waals surface area (Å²) in [6.07, 6.45) is -3.99. The average Bonchev–Trinajstić information content (AvgIpc) is 2.27. The van der Waals surface area contributed by atoms with Gasteiger partial charge >= 0.3 is 6.18 Å². The van der Waals surface area contributed by atoms with E-state index in [0.717, 1.165) is 18.7 Å². The van der Waals surface area contributed by atoms with Gasteiger partial charge in [0.25, 0.3) is 0 Å². The van der Waals surface area contributed by atoms with Gasteiger partial charge in [0.05, 0.1) is 5.56 Å². The maximum Gasteiger partial charge on any atom is 0.419 e. The van der Waals surface area contributed by atoms with Crippen molar-refractivity contribution in [3.63, 3.8) is 0 Å². The third-order valence-electron chi connectivity index (χ3n) is 3.42. The minimum Gasteiger partial charge on any atom is -0.315 e. The summed E-state index contributed by atoms with van der Waals surface area (Å²) in [6.45, 7) is 8.50. The summed E-state index contributed by atoms with van der Waals surface area (Å²) in [4.78, 5) is 0. The largest absolute Gasteiger partial charge is 0.419 e. The molecule has 1 rings (SSSR count). The number of benzene rings is 1. The number of alkyl halides is 3. The number of nitrogens with one attached hydrogen (secondary N) is 1. The lowest BCUT2D eigenvalue weighted by Gasteiger charge is -2.29. The number of rotatable bonds is 5. The third kappa shape index (κ3) is 4.20. The number of hydrogen-bond acceptors (Lipinski definition) is 1. The van der Waals surface area contributed by atoms with Gasteiger partial charge in [-0.3, -0.25) is 0 Å². The van der Waals surface area contributed by atoms with Crippen LogP contribution in [0.4, 0.5) is 17.6 Å². The van der Waals surface area contributed by atoms with Gasteiger partial charge in [-0.15, -0.1) is 0 Å². The molecule has 114 valence electrons. The molecule has 0 aliphatic heterocycles. The second-order valence-electron chi connectivity index (χ2n) is 5.74. The van der Waals surface area contributed by atoms with Crippen molar-refractivity contribution in [3.8, 4) is 0 Å². The zero-order valence-electron chi connectivity index (χ0n) is 12.2. The second kappa shape index (κ2) is 6.12. The molecule has 1 aromatic rings. The summed E-state index contributed by atoms with van der Waals surface area (Å²) in [6, 6.07) is 3.43. The predicted molar refractivity (Wildman–Crippen MR) is 72.2 cm³/mol. The van der Waals surface area contributed by atoms with Gasteiger partial charge in [0, 0.05) is 6.04 Å². The van der Waals surface area contributed by atoms with Crippen LogP contribution in [-0.2, 0) is 11.6 Å². The van der Waals surface area contributed by atoms with E-state index in [-0.39, 0.29) is 6.04 Å². The van der Waals surface area contributed by atoms with E-state index >= 15 is 0 Å². The Hall–Kier alpha value is -1.10. The molecule has 1 unspecified atom stereocenters. The van der Waals surface area contributed by atoms with Crippen molar-refractivity contribution in [2.45, 2.75) is 51.7 Å². The summed E-state index contributed by atoms with van der Waals surface area (Å²) < 4.78 is 51.5. The average molecular weight is 291 g/mol.